The van der Waals surface area contributed by atoms with Crippen molar-refractivity contribution in [3.63, 3.8) is 0 Å². The Bertz CT molecular complexity index is 1170. The van der Waals surface area contributed by atoms with Gasteiger partial charge < -0.3 is 15.1 Å². The van der Waals surface area contributed by atoms with E-state index in [1.165, 1.54) is 6.07 Å². The van der Waals surface area contributed by atoms with Crippen LogP contribution in [0.4, 0.5) is 4.39 Å². The van der Waals surface area contributed by atoms with E-state index >= 15 is 0 Å². The van der Waals surface area contributed by atoms with Gasteiger partial charge in [-0.2, -0.15) is 0 Å². The lowest BCUT2D eigenvalue weighted by Gasteiger charge is -2.36. The van der Waals surface area contributed by atoms with Crippen LogP contribution in [0.25, 0.3) is 11.5 Å². The molecular formula is C25H26FN5O3. The topological polar surface area (TPSA) is 100 Å². The van der Waals surface area contributed by atoms with Crippen LogP contribution in [0.15, 0.2) is 59.0 Å². The monoisotopic (exact) mass is 463 g/mol. The minimum atomic E-state index is -0.423. The second kappa shape index (κ2) is 9.72. The number of benzene rings is 2. The number of rotatable bonds is 7. The van der Waals surface area contributed by atoms with Gasteiger partial charge in [-0.1, -0.05) is 42.5 Å². The van der Waals surface area contributed by atoms with Gasteiger partial charge >= 0.3 is 0 Å². The van der Waals surface area contributed by atoms with Crippen molar-refractivity contribution in [2.24, 2.45) is 0 Å². The van der Waals surface area contributed by atoms with Crippen LogP contribution in [0.3, 0.4) is 0 Å². The SMILES string of the molecule is O=C(CCc1ccccc1)N[C@H]1C[C@H]2C(=O)NC[C@@H](Cc3nnc(-c4ccccc4F)o3)N2C1. The number of hydrogen-bond acceptors (Lipinski definition) is 6. The van der Waals surface area contributed by atoms with E-state index in [4.69, 9.17) is 4.42 Å². The average Bonchev–Trinajstić information content (AvgIpc) is 3.48. The first-order chi connectivity index (χ1) is 16.6. The summed E-state index contributed by atoms with van der Waals surface area (Å²) >= 11 is 0. The molecule has 2 fully saturated rings. The molecule has 5 rings (SSSR count). The third-order valence-corrected chi connectivity index (χ3v) is 6.45. The summed E-state index contributed by atoms with van der Waals surface area (Å²) in [6.45, 7) is 1.02. The number of halogens is 1. The zero-order valence-electron chi connectivity index (χ0n) is 18.6. The molecule has 1 aromatic heterocycles. The van der Waals surface area contributed by atoms with E-state index < -0.39 is 5.82 Å². The Kier molecular flexibility index (Phi) is 6.35. The number of carbonyl (C=O) groups is 2. The standard InChI is InChI=1S/C25H26FN5O3/c26-20-9-5-4-8-19(20)25-30-29-23(34-25)13-18-14-27-24(33)21-12-17(15-31(18)21)28-22(32)11-10-16-6-2-1-3-7-16/h1-9,17-18,21H,10-15H2,(H,27,33)(H,28,32)/t17-,18+,21-/m0/s1. The third kappa shape index (κ3) is 4.84. The van der Waals surface area contributed by atoms with E-state index in [9.17, 15) is 14.0 Å². The number of hydrogen-bond donors (Lipinski definition) is 2. The van der Waals surface area contributed by atoms with Gasteiger partial charge in [-0.05, 0) is 30.5 Å². The van der Waals surface area contributed by atoms with Gasteiger partial charge in [0.1, 0.15) is 5.82 Å². The molecule has 0 saturated carbocycles. The maximum Gasteiger partial charge on any atom is 0.250 e. The van der Waals surface area contributed by atoms with E-state index in [2.05, 4.69) is 25.7 Å². The normalized spacial score (nSPS) is 22.3. The molecule has 3 aromatic rings. The molecule has 0 bridgehead atoms. The minimum Gasteiger partial charge on any atom is -0.421 e. The second-order valence-electron chi connectivity index (χ2n) is 8.78. The molecule has 176 valence electrons. The van der Waals surface area contributed by atoms with Gasteiger partial charge in [0.15, 0.2) is 0 Å². The van der Waals surface area contributed by atoms with Gasteiger partial charge in [-0.25, -0.2) is 4.39 Å². The van der Waals surface area contributed by atoms with Crippen molar-refractivity contribution in [2.45, 2.75) is 43.8 Å². The Morgan fingerprint density at radius 2 is 1.94 bits per heavy atom. The van der Waals surface area contributed by atoms with Crippen LogP contribution < -0.4 is 10.6 Å². The number of nitrogens with zero attached hydrogens (tertiary/aromatic N) is 3. The first kappa shape index (κ1) is 22.2. The van der Waals surface area contributed by atoms with Crippen molar-refractivity contribution in [3.8, 4) is 11.5 Å². The predicted octanol–water partition coefficient (Wildman–Crippen LogP) is 2.11. The van der Waals surface area contributed by atoms with Crippen molar-refractivity contribution in [2.75, 3.05) is 13.1 Å². The zero-order chi connectivity index (χ0) is 23.5. The first-order valence-electron chi connectivity index (χ1n) is 11.5. The summed E-state index contributed by atoms with van der Waals surface area (Å²) in [7, 11) is 0. The summed E-state index contributed by atoms with van der Waals surface area (Å²) in [6, 6.07) is 15.7. The highest BCUT2D eigenvalue weighted by Crippen LogP contribution is 2.27. The summed E-state index contributed by atoms with van der Waals surface area (Å²) in [5, 5.41) is 14.1. The van der Waals surface area contributed by atoms with E-state index in [1.54, 1.807) is 18.2 Å². The highest BCUT2D eigenvalue weighted by molar-refractivity contribution is 5.83. The molecule has 2 aliphatic heterocycles. The summed E-state index contributed by atoms with van der Waals surface area (Å²) in [4.78, 5) is 27.1. The molecule has 2 N–H and O–H groups in total. The number of carbonyl (C=O) groups excluding carboxylic acids is 2. The third-order valence-electron chi connectivity index (χ3n) is 6.45. The van der Waals surface area contributed by atoms with Crippen LogP contribution in [0.5, 0.6) is 0 Å². The van der Waals surface area contributed by atoms with E-state index in [1.807, 2.05) is 30.3 Å². The Labute approximate surface area is 196 Å². The van der Waals surface area contributed by atoms with Gasteiger partial charge in [-0.15, -0.1) is 10.2 Å². The first-order valence-corrected chi connectivity index (χ1v) is 11.5. The number of aromatic nitrogens is 2. The molecule has 9 heteroatoms. The van der Waals surface area contributed by atoms with E-state index in [0.29, 0.717) is 44.7 Å². The molecule has 0 spiro atoms. The quantitative estimate of drug-likeness (QED) is 0.557. The molecule has 0 radical (unpaired) electrons. The second-order valence-corrected chi connectivity index (χ2v) is 8.78. The Morgan fingerprint density at radius 1 is 1.15 bits per heavy atom. The predicted molar refractivity (Wildman–Crippen MR) is 122 cm³/mol. The lowest BCUT2D eigenvalue weighted by molar-refractivity contribution is -0.129. The van der Waals surface area contributed by atoms with Crippen molar-refractivity contribution in [1.82, 2.24) is 25.7 Å². The summed E-state index contributed by atoms with van der Waals surface area (Å²) in [6.07, 6.45) is 2.06. The zero-order valence-corrected chi connectivity index (χ0v) is 18.6. The number of amides is 2. The molecule has 3 heterocycles. The average molecular weight is 464 g/mol. The number of fused-ring (bicyclic) bond motifs is 1. The summed E-state index contributed by atoms with van der Waals surface area (Å²) < 4.78 is 19.8. The van der Waals surface area contributed by atoms with Gasteiger partial charge in [0.2, 0.25) is 17.7 Å². The van der Waals surface area contributed by atoms with Crippen LogP contribution in [-0.2, 0) is 22.4 Å². The smallest absolute Gasteiger partial charge is 0.250 e. The Morgan fingerprint density at radius 3 is 2.76 bits per heavy atom. The number of piperazine rings is 1. The van der Waals surface area contributed by atoms with Gasteiger partial charge in [0.05, 0.1) is 11.6 Å². The number of nitrogens with one attached hydrogen (secondary N) is 2. The van der Waals surface area contributed by atoms with Crippen molar-refractivity contribution in [3.05, 3.63) is 71.9 Å². The lowest BCUT2D eigenvalue weighted by atomic mass is 10.1. The Balaban J connectivity index is 1.20. The maximum absolute atomic E-state index is 14.0. The van der Waals surface area contributed by atoms with E-state index in [-0.39, 0.29) is 41.4 Å². The number of aryl methyl sites for hydroxylation is 1. The molecule has 0 aliphatic carbocycles. The minimum absolute atomic E-state index is 0.0166. The molecule has 2 aliphatic rings. The fraction of sp³-hybridized carbons (Fsp3) is 0.360. The van der Waals surface area contributed by atoms with Crippen molar-refractivity contribution >= 4 is 11.8 Å². The van der Waals surface area contributed by atoms with Crippen LogP contribution >= 0.6 is 0 Å². The Hall–Kier alpha value is -3.59. The molecule has 2 amide bonds. The molecule has 0 unspecified atom stereocenters. The molecule has 34 heavy (non-hydrogen) atoms. The van der Waals surface area contributed by atoms with Gasteiger partial charge in [0.25, 0.3) is 5.89 Å². The largest absolute Gasteiger partial charge is 0.421 e. The van der Waals surface area contributed by atoms with Crippen molar-refractivity contribution < 1.29 is 18.4 Å². The summed E-state index contributed by atoms with van der Waals surface area (Å²) in [5.41, 5.74) is 1.38. The van der Waals surface area contributed by atoms with Gasteiger partial charge in [-0.3, -0.25) is 14.5 Å². The highest BCUT2D eigenvalue weighted by atomic mass is 19.1. The summed E-state index contributed by atoms with van der Waals surface area (Å²) in [5.74, 6) is 0.0444. The van der Waals surface area contributed by atoms with Crippen LogP contribution in [0.1, 0.15) is 24.3 Å². The molecule has 2 saturated heterocycles. The highest BCUT2D eigenvalue weighted by Gasteiger charge is 2.44. The lowest BCUT2D eigenvalue weighted by Crippen LogP contribution is -2.58. The maximum atomic E-state index is 14.0. The van der Waals surface area contributed by atoms with Crippen molar-refractivity contribution in [1.29, 1.82) is 0 Å². The fourth-order valence-electron chi connectivity index (χ4n) is 4.75. The molecule has 3 atom stereocenters. The molecule has 8 nitrogen and oxygen atoms in total. The van der Waals surface area contributed by atoms with Crippen LogP contribution in [0.2, 0.25) is 0 Å². The van der Waals surface area contributed by atoms with E-state index in [0.717, 1.165) is 5.56 Å². The van der Waals surface area contributed by atoms with Gasteiger partial charge in [0, 0.05) is 38.0 Å². The molecule has 2 aromatic carbocycles. The fourth-order valence-corrected chi connectivity index (χ4v) is 4.75. The molecular weight excluding hydrogens is 437 g/mol. The van der Waals surface area contributed by atoms with Crippen LogP contribution in [0, 0.1) is 5.82 Å². The van der Waals surface area contributed by atoms with Crippen LogP contribution in [-0.4, -0.2) is 58.1 Å².